The quantitative estimate of drug-likeness (QED) is 0.503. The molecule has 0 N–H and O–H groups in total. The normalized spacial score (nSPS) is 20.9. The lowest BCUT2D eigenvalue weighted by molar-refractivity contribution is -0.134. The first-order valence-electron chi connectivity index (χ1n) is 11.0. The molecule has 2 atom stereocenters. The molecule has 2 aromatic heterocycles. The molecule has 0 radical (unpaired) electrons. The summed E-state index contributed by atoms with van der Waals surface area (Å²) in [7, 11) is 3.36. The number of hydrogen-bond acceptors (Lipinski definition) is 6. The molecule has 1 amide bonds. The Balaban J connectivity index is 1.38. The molecule has 1 fully saturated rings. The van der Waals surface area contributed by atoms with E-state index in [-0.39, 0.29) is 18.0 Å². The summed E-state index contributed by atoms with van der Waals surface area (Å²) in [5, 5.41) is 4.26. The van der Waals surface area contributed by atoms with Crippen LogP contribution < -0.4 is 9.47 Å². The van der Waals surface area contributed by atoms with Crippen molar-refractivity contribution >= 4 is 28.6 Å². The van der Waals surface area contributed by atoms with Crippen molar-refractivity contribution in [3.63, 3.8) is 0 Å². The van der Waals surface area contributed by atoms with Crippen LogP contribution in [0.3, 0.4) is 0 Å². The van der Waals surface area contributed by atoms with Crippen LogP contribution in [0.15, 0.2) is 47.2 Å². The molecule has 32 heavy (non-hydrogen) atoms. The minimum Gasteiger partial charge on any atom is -0.497 e. The van der Waals surface area contributed by atoms with Crippen LogP contribution in [0.4, 0.5) is 0 Å². The highest BCUT2D eigenvalue weighted by Crippen LogP contribution is 2.41. The van der Waals surface area contributed by atoms with Gasteiger partial charge in [0.1, 0.15) is 11.5 Å². The van der Waals surface area contributed by atoms with Crippen LogP contribution in [0.5, 0.6) is 11.5 Å². The zero-order valence-corrected chi connectivity index (χ0v) is 20.1. The van der Waals surface area contributed by atoms with Crippen LogP contribution in [0, 0.1) is 0 Å². The molecular formula is C25H28N2O3S2. The maximum Gasteiger partial charge on any atom is 0.237 e. The number of rotatable bonds is 6. The number of hydrogen-bond donors (Lipinski definition) is 0. The van der Waals surface area contributed by atoms with E-state index < -0.39 is 0 Å². The van der Waals surface area contributed by atoms with Gasteiger partial charge in [0.05, 0.1) is 26.8 Å². The lowest BCUT2D eigenvalue weighted by atomic mass is 9.98. The Bertz CT molecular complexity index is 1080. The Kier molecular flexibility index (Phi) is 6.22. The van der Waals surface area contributed by atoms with E-state index in [1.807, 2.05) is 23.5 Å². The van der Waals surface area contributed by atoms with Gasteiger partial charge in [-0.3, -0.25) is 9.69 Å². The van der Waals surface area contributed by atoms with E-state index in [4.69, 9.17) is 9.47 Å². The van der Waals surface area contributed by atoms with Crippen molar-refractivity contribution in [3.8, 4) is 11.5 Å². The molecule has 1 aromatic carbocycles. The molecular weight excluding hydrogens is 440 g/mol. The second-order valence-electron chi connectivity index (χ2n) is 8.29. The number of methoxy groups -OCH3 is 2. The van der Waals surface area contributed by atoms with Crippen molar-refractivity contribution in [2.75, 3.05) is 33.9 Å². The van der Waals surface area contributed by atoms with Gasteiger partial charge in [0.25, 0.3) is 0 Å². The molecule has 168 valence electrons. The maximum absolute atomic E-state index is 13.7. The smallest absolute Gasteiger partial charge is 0.237 e. The van der Waals surface area contributed by atoms with Crippen LogP contribution in [0.2, 0.25) is 0 Å². The van der Waals surface area contributed by atoms with Crippen molar-refractivity contribution < 1.29 is 14.3 Å². The van der Waals surface area contributed by atoms with Gasteiger partial charge in [0.2, 0.25) is 5.91 Å². The third-order valence-corrected chi connectivity index (χ3v) is 8.52. The molecule has 5 nitrogen and oxygen atoms in total. The number of fused-ring (bicyclic) bond motifs is 1. The molecule has 7 heteroatoms. The van der Waals surface area contributed by atoms with Crippen LogP contribution in [-0.4, -0.2) is 49.6 Å². The predicted octanol–water partition coefficient (Wildman–Crippen LogP) is 5.14. The summed E-state index contributed by atoms with van der Waals surface area (Å²) < 4.78 is 11.0. The van der Waals surface area contributed by atoms with Crippen LogP contribution in [0.1, 0.15) is 45.8 Å². The lowest BCUT2D eigenvalue weighted by Crippen LogP contribution is -2.45. The van der Waals surface area contributed by atoms with Gasteiger partial charge in [0, 0.05) is 34.0 Å². The largest absolute Gasteiger partial charge is 0.497 e. The zero-order valence-electron chi connectivity index (χ0n) is 18.5. The van der Waals surface area contributed by atoms with Gasteiger partial charge >= 0.3 is 0 Å². The molecule has 0 bridgehead atoms. The first-order chi connectivity index (χ1) is 15.7. The van der Waals surface area contributed by atoms with E-state index in [9.17, 15) is 4.79 Å². The minimum atomic E-state index is 0.0362. The number of nitrogens with zero attached hydrogens (tertiary/aromatic N) is 2. The third kappa shape index (κ3) is 3.93. The minimum absolute atomic E-state index is 0.0362. The predicted molar refractivity (Wildman–Crippen MR) is 129 cm³/mol. The van der Waals surface area contributed by atoms with Crippen molar-refractivity contribution in [2.45, 2.75) is 31.3 Å². The molecule has 5 rings (SSSR count). The lowest BCUT2D eigenvalue weighted by Gasteiger charge is -2.37. The van der Waals surface area contributed by atoms with Gasteiger partial charge in [-0.1, -0.05) is 12.1 Å². The highest BCUT2D eigenvalue weighted by atomic mass is 32.1. The summed E-state index contributed by atoms with van der Waals surface area (Å²) in [4.78, 5) is 20.7. The maximum atomic E-state index is 13.7. The average Bonchev–Trinajstić information content (AvgIpc) is 3.59. The van der Waals surface area contributed by atoms with E-state index in [0.29, 0.717) is 6.54 Å². The molecule has 0 aliphatic carbocycles. The number of likely N-dealkylation sites (tertiary alicyclic amines) is 1. The summed E-state index contributed by atoms with van der Waals surface area (Å²) >= 11 is 3.54. The fraction of sp³-hybridized carbons (Fsp3) is 0.400. The second kappa shape index (κ2) is 9.25. The van der Waals surface area contributed by atoms with Gasteiger partial charge in [-0.25, -0.2) is 0 Å². The Hall–Kier alpha value is -2.35. The molecule has 3 aromatic rings. The van der Waals surface area contributed by atoms with E-state index in [0.717, 1.165) is 49.4 Å². The van der Waals surface area contributed by atoms with E-state index in [1.165, 1.54) is 15.3 Å². The number of carbonyl (C=O) groups is 1. The van der Waals surface area contributed by atoms with E-state index >= 15 is 0 Å². The van der Waals surface area contributed by atoms with Crippen molar-refractivity contribution in [2.24, 2.45) is 0 Å². The van der Waals surface area contributed by atoms with Crippen molar-refractivity contribution in [1.29, 1.82) is 0 Å². The Morgan fingerprint density at radius 2 is 1.97 bits per heavy atom. The average molecular weight is 469 g/mol. The van der Waals surface area contributed by atoms with Gasteiger partial charge in [-0.05, 0) is 60.3 Å². The molecule has 0 unspecified atom stereocenters. The fourth-order valence-corrected chi connectivity index (χ4v) is 6.82. The highest BCUT2D eigenvalue weighted by Gasteiger charge is 2.36. The SMILES string of the molecule is COc1ccc([C@@H]2CCCN2CC(=O)N2CCc3sccc3[C@H]2c2cccs2)c(OC)c1. The molecule has 0 saturated carbocycles. The number of amides is 1. The van der Waals surface area contributed by atoms with Crippen molar-refractivity contribution in [3.05, 3.63) is 68.0 Å². The Morgan fingerprint density at radius 3 is 2.75 bits per heavy atom. The third-order valence-electron chi connectivity index (χ3n) is 6.60. The number of thiophene rings is 2. The van der Waals surface area contributed by atoms with Crippen LogP contribution in [-0.2, 0) is 11.2 Å². The molecule has 4 heterocycles. The van der Waals surface area contributed by atoms with Gasteiger partial charge < -0.3 is 14.4 Å². The number of carbonyl (C=O) groups excluding carboxylic acids is 1. The van der Waals surface area contributed by atoms with E-state index in [1.54, 1.807) is 25.6 Å². The second-order valence-corrected chi connectivity index (χ2v) is 10.3. The highest BCUT2D eigenvalue weighted by molar-refractivity contribution is 7.10. The topological polar surface area (TPSA) is 42.0 Å². The monoisotopic (exact) mass is 468 g/mol. The fourth-order valence-electron chi connectivity index (χ4n) is 5.06. The summed E-state index contributed by atoms with van der Waals surface area (Å²) in [5.74, 6) is 1.82. The zero-order chi connectivity index (χ0) is 22.1. The first kappa shape index (κ1) is 21.5. The standard InChI is InChI=1S/C25H28N2O3S2/c1-29-17-7-8-18(21(15-17)30-2)20-5-3-11-26(20)16-24(28)27-12-9-22-19(10-14-32-22)25(27)23-6-4-13-31-23/h4,6-8,10,13-15,20,25H,3,5,9,11-12,16H2,1-2H3/t20-,25-/m0/s1. The molecule has 0 spiro atoms. The molecule has 2 aliphatic rings. The van der Waals surface area contributed by atoms with Crippen LogP contribution in [0.25, 0.3) is 0 Å². The first-order valence-corrected chi connectivity index (χ1v) is 12.8. The van der Waals surface area contributed by atoms with Gasteiger partial charge in [-0.15, -0.1) is 22.7 Å². The molecule has 1 saturated heterocycles. The summed E-state index contributed by atoms with van der Waals surface area (Å²) in [6.45, 7) is 2.13. The summed E-state index contributed by atoms with van der Waals surface area (Å²) in [6.07, 6.45) is 3.05. The van der Waals surface area contributed by atoms with Gasteiger partial charge in [-0.2, -0.15) is 0 Å². The summed E-state index contributed by atoms with van der Waals surface area (Å²) in [5.41, 5.74) is 2.43. The summed E-state index contributed by atoms with van der Waals surface area (Å²) in [6, 6.07) is 12.6. The number of benzene rings is 1. The Labute approximate surface area is 197 Å². The van der Waals surface area contributed by atoms with Crippen molar-refractivity contribution in [1.82, 2.24) is 9.80 Å². The number of ether oxygens (including phenoxy) is 2. The van der Waals surface area contributed by atoms with E-state index in [2.05, 4.69) is 44.8 Å². The van der Waals surface area contributed by atoms with Crippen LogP contribution >= 0.6 is 22.7 Å². The van der Waals surface area contributed by atoms with Gasteiger partial charge in [0.15, 0.2) is 0 Å². The Morgan fingerprint density at radius 1 is 1.06 bits per heavy atom. The molecule has 2 aliphatic heterocycles.